The van der Waals surface area contributed by atoms with Crippen molar-refractivity contribution in [2.45, 2.75) is 359 Å². The molecule has 0 bridgehead atoms. The normalized spacial score (nSPS) is 18.7. The van der Waals surface area contributed by atoms with E-state index < -0.39 is 67.4 Å². The van der Waals surface area contributed by atoms with Crippen LogP contribution in [0.15, 0.2) is 122 Å². The van der Waals surface area contributed by atoms with E-state index in [1.807, 2.05) is 6.08 Å². The Bertz CT molecular complexity index is 1950. The lowest BCUT2D eigenvalue weighted by molar-refractivity contribution is -0.305. The first-order valence-electron chi connectivity index (χ1n) is 37.3. The van der Waals surface area contributed by atoms with E-state index in [0.717, 1.165) is 116 Å². The number of amides is 1. The lowest BCUT2D eigenvalue weighted by Crippen LogP contribution is -2.61. The van der Waals surface area contributed by atoms with E-state index in [1.165, 1.54) is 148 Å². The second-order valence-electron chi connectivity index (χ2n) is 25.3. The molecule has 11 heteroatoms. The molecule has 1 aliphatic heterocycles. The number of allylic oxidation sites excluding steroid dienone is 19. The van der Waals surface area contributed by atoms with Crippen LogP contribution in [0, 0.1) is 0 Å². The molecule has 0 aromatic rings. The van der Waals surface area contributed by atoms with Gasteiger partial charge in [0.2, 0.25) is 5.91 Å². The molecule has 1 saturated heterocycles. The predicted octanol–water partition coefficient (Wildman–Crippen LogP) is 19.7. The van der Waals surface area contributed by atoms with E-state index >= 15 is 0 Å². The molecule has 1 rings (SSSR count). The molecule has 0 saturated carbocycles. The standard InChI is InChI=1S/C80H137NO10/c1-4-7-10-13-16-19-22-25-27-29-31-33-35-36-37-39-40-42-44-46-49-52-55-58-61-64-67-73(84)79(88)81-71(72(83)66-63-60-57-54-51-48-24-21-18-15-12-9-6-3)70-89-80-78(77(87)76(86)74(69-82)90-80)91-75(85)68-65-62-59-56-53-50-47-45-43-41-38-34-32-30-28-26-23-20-17-14-11-8-5-2/h8,11,16-17,19-20,25-28,31-34,41,43,47,50,63,66,71-74,76-78,80,82-84,86-87H,4-7,9-10,12-15,18,21-24,29-30,35-40,42,44-46,48-49,51-62,64-65,67-70H2,1-3H3,(H,81,88)/b11-8-,19-16-,20-17-,27-25-,28-26-,33-31-,34-32-,43-41-,50-47-,66-63+. The van der Waals surface area contributed by atoms with Gasteiger partial charge in [-0.3, -0.25) is 9.59 Å². The molecule has 11 nitrogen and oxygen atoms in total. The number of rotatable bonds is 63. The average molecular weight is 1270 g/mol. The molecule has 8 unspecified atom stereocenters. The smallest absolute Gasteiger partial charge is 0.306 e. The topological polar surface area (TPSA) is 175 Å². The highest BCUT2D eigenvalue weighted by Crippen LogP contribution is 2.26. The number of carbonyl (C=O) groups excluding carboxylic acids is 2. The lowest BCUT2D eigenvalue weighted by Gasteiger charge is -2.41. The van der Waals surface area contributed by atoms with Crippen LogP contribution in [-0.2, 0) is 23.8 Å². The van der Waals surface area contributed by atoms with Crippen LogP contribution in [0.25, 0.3) is 0 Å². The minimum Gasteiger partial charge on any atom is -0.454 e. The van der Waals surface area contributed by atoms with Crippen LogP contribution < -0.4 is 5.32 Å². The zero-order valence-corrected chi connectivity index (χ0v) is 58.2. The fourth-order valence-corrected chi connectivity index (χ4v) is 11.0. The van der Waals surface area contributed by atoms with Gasteiger partial charge in [0.1, 0.15) is 24.4 Å². The molecule has 0 aromatic carbocycles. The van der Waals surface area contributed by atoms with Crippen LogP contribution >= 0.6 is 0 Å². The Hall–Kier alpha value is -3.94. The number of hydrogen-bond donors (Lipinski definition) is 6. The molecule has 522 valence electrons. The van der Waals surface area contributed by atoms with Gasteiger partial charge in [-0.2, -0.15) is 0 Å². The number of ether oxygens (including phenoxy) is 3. The van der Waals surface area contributed by atoms with Crippen LogP contribution in [0.3, 0.4) is 0 Å². The molecule has 1 fully saturated rings. The summed E-state index contributed by atoms with van der Waals surface area (Å²) in [5.41, 5.74) is 0. The van der Waals surface area contributed by atoms with Crippen LogP contribution in [0.1, 0.15) is 310 Å². The van der Waals surface area contributed by atoms with Crippen molar-refractivity contribution in [1.82, 2.24) is 5.32 Å². The summed E-state index contributed by atoms with van der Waals surface area (Å²) in [7, 11) is 0. The lowest BCUT2D eigenvalue weighted by atomic mass is 9.99. The molecule has 0 spiro atoms. The van der Waals surface area contributed by atoms with Crippen molar-refractivity contribution in [3.8, 4) is 0 Å². The van der Waals surface area contributed by atoms with E-state index in [4.69, 9.17) is 14.2 Å². The van der Waals surface area contributed by atoms with Crippen molar-refractivity contribution < 1.29 is 49.3 Å². The minimum atomic E-state index is -1.63. The molecule has 1 aliphatic rings. The van der Waals surface area contributed by atoms with Gasteiger partial charge in [-0.1, -0.05) is 309 Å². The first-order chi connectivity index (χ1) is 44.7. The Kier molecular flexibility index (Phi) is 61.8. The summed E-state index contributed by atoms with van der Waals surface area (Å²) in [6.45, 7) is 5.66. The summed E-state index contributed by atoms with van der Waals surface area (Å²) in [6.07, 6.45) is 82.3. The van der Waals surface area contributed by atoms with Crippen molar-refractivity contribution in [1.29, 1.82) is 0 Å². The quantitative estimate of drug-likeness (QED) is 0.0195. The Morgan fingerprint density at radius 1 is 0.440 bits per heavy atom. The van der Waals surface area contributed by atoms with Gasteiger partial charge in [-0.15, -0.1) is 0 Å². The predicted molar refractivity (Wildman–Crippen MR) is 384 cm³/mol. The summed E-state index contributed by atoms with van der Waals surface area (Å²) in [4.78, 5) is 26.7. The largest absolute Gasteiger partial charge is 0.454 e. The van der Waals surface area contributed by atoms with Crippen LogP contribution in [0.5, 0.6) is 0 Å². The highest BCUT2D eigenvalue weighted by molar-refractivity contribution is 5.80. The average Bonchev–Trinajstić information content (AvgIpc) is 1.01. The molecule has 91 heavy (non-hydrogen) atoms. The van der Waals surface area contributed by atoms with Crippen LogP contribution in [-0.4, -0.2) is 99.6 Å². The number of hydrogen-bond acceptors (Lipinski definition) is 10. The molecule has 1 amide bonds. The molecular weight excluding hydrogens is 1130 g/mol. The SMILES string of the molecule is CC/C=C\C/C=C\C/C=C\C/C=C\C/C=C\C/C=C\CCCCCCC(=O)OC1C(OCC(NC(=O)C(O)CCCCCCCCCCCCCCC/C=C\C/C=C\C/C=C\CCCCC)C(O)/C=C/CCCCCCCCCCCCC)OC(CO)C(O)C1O. The van der Waals surface area contributed by atoms with Crippen molar-refractivity contribution in [2.24, 2.45) is 0 Å². The number of nitrogens with one attached hydrogen (secondary N) is 1. The molecular formula is C80H137NO10. The highest BCUT2D eigenvalue weighted by Gasteiger charge is 2.47. The van der Waals surface area contributed by atoms with Gasteiger partial charge in [0.15, 0.2) is 12.4 Å². The van der Waals surface area contributed by atoms with Gasteiger partial charge >= 0.3 is 5.97 Å². The summed E-state index contributed by atoms with van der Waals surface area (Å²) in [5, 5.41) is 57.4. The van der Waals surface area contributed by atoms with Crippen molar-refractivity contribution in [3.05, 3.63) is 122 Å². The summed E-state index contributed by atoms with van der Waals surface area (Å²) in [6, 6.07) is -1.04. The van der Waals surface area contributed by atoms with E-state index in [1.54, 1.807) is 6.08 Å². The second kappa shape index (κ2) is 66.1. The van der Waals surface area contributed by atoms with E-state index in [2.05, 4.69) is 135 Å². The van der Waals surface area contributed by atoms with Gasteiger partial charge < -0.3 is 45.1 Å². The first-order valence-corrected chi connectivity index (χ1v) is 37.3. The maximum Gasteiger partial charge on any atom is 0.306 e. The maximum atomic E-state index is 13.5. The molecule has 1 heterocycles. The van der Waals surface area contributed by atoms with E-state index in [-0.39, 0.29) is 19.4 Å². The molecule has 6 N–H and O–H groups in total. The van der Waals surface area contributed by atoms with Crippen molar-refractivity contribution in [3.63, 3.8) is 0 Å². The number of carbonyl (C=O) groups is 2. The fraction of sp³-hybridized carbons (Fsp3) is 0.725. The number of esters is 1. The van der Waals surface area contributed by atoms with Gasteiger partial charge in [0.25, 0.3) is 0 Å². The highest BCUT2D eigenvalue weighted by atomic mass is 16.7. The molecule has 8 atom stereocenters. The summed E-state index contributed by atoms with van der Waals surface area (Å²) < 4.78 is 17.7. The molecule has 0 aromatic heterocycles. The number of unbranched alkanes of at least 4 members (excludes halogenated alkanes) is 31. The van der Waals surface area contributed by atoms with Crippen molar-refractivity contribution >= 4 is 11.9 Å². The number of aliphatic hydroxyl groups excluding tert-OH is 5. The van der Waals surface area contributed by atoms with Crippen LogP contribution in [0.4, 0.5) is 0 Å². The fourth-order valence-electron chi connectivity index (χ4n) is 11.0. The van der Waals surface area contributed by atoms with Gasteiger partial charge in [-0.05, 0) is 116 Å². The Labute approximate surface area is 557 Å². The summed E-state index contributed by atoms with van der Waals surface area (Å²) >= 11 is 0. The third-order valence-corrected chi connectivity index (χ3v) is 16.8. The first kappa shape index (κ1) is 85.1. The van der Waals surface area contributed by atoms with Gasteiger partial charge in [0.05, 0.1) is 25.4 Å². The number of aliphatic hydroxyl groups is 5. The monoisotopic (exact) mass is 1270 g/mol. The third-order valence-electron chi connectivity index (χ3n) is 16.8. The summed E-state index contributed by atoms with van der Waals surface area (Å²) in [5.74, 6) is -1.22. The Morgan fingerprint density at radius 3 is 1.21 bits per heavy atom. The van der Waals surface area contributed by atoms with Gasteiger partial charge in [0, 0.05) is 6.42 Å². The van der Waals surface area contributed by atoms with Gasteiger partial charge in [-0.25, -0.2) is 0 Å². The van der Waals surface area contributed by atoms with E-state index in [9.17, 15) is 35.1 Å². The third kappa shape index (κ3) is 53.1. The zero-order chi connectivity index (χ0) is 66.0. The van der Waals surface area contributed by atoms with Crippen molar-refractivity contribution in [2.75, 3.05) is 13.2 Å². The Balaban J connectivity index is 2.59. The molecule has 0 radical (unpaired) electrons. The van der Waals surface area contributed by atoms with E-state index in [0.29, 0.717) is 12.8 Å². The minimum absolute atomic E-state index is 0.0882. The van der Waals surface area contributed by atoms with Crippen LogP contribution in [0.2, 0.25) is 0 Å². The zero-order valence-electron chi connectivity index (χ0n) is 58.2. The molecule has 0 aliphatic carbocycles. The maximum absolute atomic E-state index is 13.5. The Morgan fingerprint density at radius 2 is 0.791 bits per heavy atom. The second-order valence-corrected chi connectivity index (χ2v) is 25.3.